The molecule has 0 aliphatic carbocycles. The summed E-state index contributed by atoms with van der Waals surface area (Å²) < 4.78 is 9.66. The molecule has 1 aromatic carbocycles. The van der Waals surface area contributed by atoms with E-state index in [4.69, 9.17) is 4.74 Å². The fourth-order valence-electron chi connectivity index (χ4n) is 3.08. The molecule has 3 rings (SSSR count). The van der Waals surface area contributed by atoms with Gasteiger partial charge in [-0.25, -0.2) is 4.98 Å². The lowest BCUT2D eigenvalue weighted by molar-refractivity contribution is -0.137. The number of ether oxygens (including phenoxy) is 1. The molecule has 9 heteroatoms. The molecule has 0 N–H and O–H groups in total. The van der Waals surface area contributed by atoms with Gasteiger partial charge in [0.1, 0.15) is 11.6 Å². The molecule has 2 amide bonds. The van der Waals surface area contributed by atoms with Crippen LogP contribution in [0.4, 0.5) is 5.13 Å². The zero-order valence-electron chi connectivity index (χ0n) is 16.4. The van der Waals surface area contributed by atoms with Crippen LogP contribution in [0.2, 0.25) is 0 Å². The zero-order valence-corrected chi connectivity index (χ0v) is 17.2. The summed E-state index contributed by atoms with van der Waals surface area (Å²) in [7, 11) is 3.49. The Hall–Kier alpha value is -2.68. The van der Waals surface area contributed by atoms with Gasteiger partial charge in [0.25, 0.3) is 0 Å². The number of likely N-dealkylation sites (N-methyl/N-ethyl adjacent to an activating group) is 1. The van der Waals surface area contributed by atoms with E-state index >= 15 is 0 Å². The smallest absolute Gasteiger partial charge is 0.242 e. The Kier molecular flexibility index (Phi) is 6.45. The Morgan fingerprint density at radius 2 is 1.93 bits per heavy atom. The fourth-order valence-corrected chi connectivity index (χ4v) is 3.72. The maximum Gasteiger partial charge on any atom is 0.242 e. The van der Waals surface area contributed by atoms with E-state index in [9.17, 15) is 9.59 Å². The van der Waals surface area contributed by atoms with Crippen LogP contribution in [0.5, 0.6) is 5.75 Å². The minimum atomic E-state index is 0.0373. The molecule has 0 spiro atoms. The number of aromatic nitrogens is 2. The predicted molar refractivity (Wildman–Crippen MR) is 108 cm³/mol. The Bertz CT molecular complexity index is 832. The first-order valence-electron chi connectivity index (χ1n) is 9.16. The van der Waals surface area contributed by atoms with Gasteiger partial charge in [0.2, 0.25) is 16.9 Å². The van der Waals surface area contributed by atoms with Crippen molar-refractivity contribution in [2.75, 3.05) is 51.8 Å². The van der Waals surface area contributed by atoms with E-state index in [0.717, 1.165) is 17.1 Å². The summed E-state index contributed by atoms with van der Waals surface area (Å²) in [5, 5.41) is 0.716. The number of benzene rings is 1. The average molecular weight is 404 g/mol. The van der Waals surface area contributed by atoms with Crippen molar-refractivity contribution in [3.8, 4) is 5.75 Å². The molecular formula is C19H25N5O3S. The largest absolute Gasteiger partial charge is 0.497 e. The lowest BCUT2D eigenvalue weighted by Crippen LogP contribution is -2.52. The number of piperazine rings is 1. The highest BCUT2D eigenvalue weighted by Gasteiger charge is 2.23. The van der Waals surface area contributed by atoms with Gasteiger partial charge in [0.05, 0.1) is 13.7 Å². The third kappa shape index (κ3) is 4.98. The van der Waals surface area contributed by atoms with Gasteiger partial charge < -0.3 is 19.4 Å². The van der Waals surface area contributed by atoms with Crippen molar-refractivity contribution in [2.24, 2.45) is 0 Å². The standard InChI is InChI=1S/C19H25N5O3S/c1-14(25)23-7-9-24(10-8-23)18(26)13-22(2)19-20-17(21-28-19)12-15-5-4-6-16(11-15)27-3/h4-6,11H,7-10,12-13H2,1-3H3. The van der Waals surface area contributed by atoms with E-state index in [1.807, 2.05) is 36.2 Å². The molecule has 150 valence electrons. The van der Waals surface area contributed by atoms with Crippen molar-refractivity contribution in [2.45, 2.75) is 13.3 Å². The van der Waals surface area contributed by atoms with Crippen LogP contribution >= 0.6 is 11.5 Å². The second-order valence-electron chi connectivity index (χ2n) is 6.76. The first kappa shape index (κ1) is 20.1. The SMILES string of the molecule is COc1cccc(Cc2nsc(N(C)CC(=O)N3CCN(C(C)=O)CC3)n2)c1. The molecule has 1 fully saturated rings. The molecular weight excluding hydrogens is 378 g/mol. The van der Waals surface area contributed by atoms with Gasteiger partial charge in [0, 0.05) is 58.1 Å². The fraction of sp³-hybridized carbons (Fsp3) is 0.474. The second kappa shape index (κ2) is 9.01. The molecule has 8 nitrogen and oxygen atoms in total. The van der Waals surface area contributed by atoms with Crippen molar-refractivity contribution >= 4 is 28.5 Å². The topological polar surface area (TPSA) is 78.9 Å². The Labute approximate surface area is 168 Å². The summed E-state index contributed by atoms with van der Waals surface area (Å²) in [6.07, 6.45) is 0.614. The van der Waals surface area contributed by atoms with Crippen LogP contribution in [0.3, 0.4) is 0 Å². The van der Waals surface area contributed by atoms with Crippen LogP contribution in [0, 0.1) is 0 Å². The number of hydrogen-bond acceptors (Lipinski definition) is 7. The summed E-state index contributed by atoms with van der Waals surface area (Å²) in [6.45, 7) is 4.13. The van der Waals surface area contributed by atoms with Crippen LogP contribution in [-0.4, -0.2) is 77.9 Å². The molecule has 0 bridgehead atoms. The van der Waals surface area contributed by atoms with E-state index in [-0.39, 0.29) is 18.4 Å². The highest BCUT2D eigenvalue weighted by Crippen LogP contribution is 2.20. The van der Waals surface area contributed by atoms with Crippen LogP contribution in [0.15, 0.2) is 24.3 Å². The number of anilines is 1. The van der Waals surface area contributed by atoms with Gasteiger partial charge in [-0.2, -0.15) is 4.37 Å². The van der Waals surface area contributed by atoms with E-state index in [0.29, 0.717) is 37.7 Å². The molecule has 0 atom stereocenters. The van der Waals surface area contributed by atoms with Gasteiger partial charge in [-0.15, -0.1) is 0 Å². The third-order valence-corrected chi connectivity index (χ3v) is 5.60. The van der Waals surface area contributed by atoms with Gasteiger partial charge in [-0.05, 0) is 17.7 Å². The van der Waals surface area contributed by atoms with Crippen LogP contribution in [0.1, 0.15) is 18.3 Å². The molecule has 0 radical (unpaired) electrons. The summed E-state index contributed by atoms with van der Waals surface area (Å²) >= 11 is 1.29. The quantitative estimate of drug-likeness (QED) is 0.723. The first-order valence-corrected chi connectivity index (χ1v) is 9.93. The number of methoxy groups -OCH3 is 1. The third-order valence-electron chi connectivity index (χ3n) is 4.73. The number of carbonyl (C=O) groups excluding carboxylic acids is 2. The highest BCUT2D eigenvalue weighted by molar-refractivity contribution is 7.09. The number of amides is 2. The molecule has 1 aliphatic rings. The lowest BCUT2D eigenvalue weighted by atomic mass is 10.1. The van der Waals surface area contributed by atoms with Crippen molar-refractivity contribution < 1.29 is 14.3 Å². The number of hydrogen-bond donors (Lipinski definition) is 0. The number of nitrogens with zero attached hydrogens (tertiary/aromatic N) is 5. The van der Waals surface area contributed by atoms with E-state index in [2.05, 4.69) is 9.36 Å². The maximum absolute atomic E-state index is 12.6. The van der Waals surface area contributed by atoms with Crippen molar-refractivity contribution in [3.05, 3.63) is 35.7 Å². The van der Waals surface area contributed by atoms with Gasteiger partial charge in [-0.1, -0.05) is 12.1 Å². The minimum absolute atomic E-state index is 0.0373. The molecule has 0 unspecified atom stereocenters. The monoisotopic (exact) mass is 403 g/mol. The first-order chi connectivity index (χ1) is 13.5. The van der Waals surface area contributed by atoms with Crippen molar-refractivity contribution in [1.82, 2.24) is 19.2 Å². The molecule has 1 aromatic heterocycles. The van der Waals surface area contributed by atoms with Crippen LogP contribution in [0.25, 0.3) is 0 Å². The molecule has 0 saturated carbocycles. The summed E-state index contributed by atoms with van der Waals surface area (Å²) in [5.74, 6) is 1.63. The zero-order chi connectivity index (χ0) is 20.1. The second-order valence-corrected chi connectivity index (χ2v) is 7.49. The summed E-state index contributed by atoms with van der Waals surface area (Å²) in [4.78, 5) is 33.9. The molecule has 2 heterocycles. The van der Waals surface area contributed by atoms with Gasteiger partial charge in [0.15, 0.2) is 0 Å². The van der Waals surface area contributed by atoms with Crippen molar-refractivity contribution in [3.63, 3.8) is 0 Å². The van der Waals surface area contributed by atoms with Crippen molar-refractivity contribution in [1.29, 1.82) is 0 Å². The van der Waals surface area contributed by atoms with Gasteiger partial charge in [-0.3, -0.25) is 9.59 Å². The molecule has 1 saturated heterocycles. The Balaban J connectivity index is 1.54. The minimum Gasteiger partial charge on any atom is -0.497 e. The lowest BCUT2D eigenvalue weighted by Gasteiger charge is -2.34. The van der Waals surface area contributed by atoms with Crippen LogP contribution in [-0.2, 0) is 16.0 Å². The van der Waals surface area contributed by atoms with E-state index in [1.54, 1.807) is 23.8 Å². The summed E-state index contributed by atoms with van der Waals surface area (Å²) in [5.41, 5.74) is 1.07. The molecule has 2 aromatic rings. The maximum atomic E-state index is 12.6. The molecule has 28 heavy (non-hydrogen) atoms. The van der Waals surface area contributed by atoms with E-state index < -0.39 is 0 Å². The number of rotatable bonds is 6. The average Bonchev–Trinajstić information content (AvgIpc) is 3.16. The molecule has 1 aliphatic heterocycles. The Morgan fingerprint density at radius 1 is 1.21 bits per heavy atom. The Morgan fingerprint density at radius 3 is 2.61 bits per heavy atom. The normalized spacial score (nSPS) is 14.1. The summed E-state index contributed by atoms with van der Waals surface area (Å²) in [6, 6.07) is 7.82. The highest BCUT2D eigenvalue weighted by atomic mass is 32.1. The van der Waals surface area contributed by atoms with Crippen LogP contribution < -0.4 is 9.64 Å². The van der Waals surface area contributed by atoms with Gasteiger partial charge >= 0.3 is 0 Å². The predicted octanol–water partition coefficient (Wildman–Crippen LogP) is 1.26. The number of carbonyl (C=O) groups is 2. The van der Waals surface area contributed by atoms with E-state index in [1.165, 1.54) is 11.5 Å².